The number of fused-ring (bicyclic) bond motifs is 1. The van der Waals surface area contributed by atoms with Gasteiger partial charge in [0.1, 0.15) is 0 Å². The fourth-order valence-electron chi connectivity index (χ4n) is 2.78. The van der Waals surface area contributed by atoms with E-state index in [0.717, 1.165) is 58.2 Å². The summed E-state index contributed by atoms with van der Waals surface area (Å²) >= 11 is 6.31. The molecular weight excluding hydrogens is 348 g/mol. The Morgan fingerprint density at radius 1 is 1.28 bits per heavy atom. The number of carbonyl (C=O) groups excluding carboxylic acids is 1. The SMILES string of the molecule is C=Cc1c(C(=O)OCCC)c(CCCCC)c2ccsc2c1S.CC. The molecule has 0 spiro atoms. The zero-order chi connectivity index (χ0) is 18.8. The molecule has 25 heavy (non-hydrogen) atoms. The fraction of sp³-hybridized carbons (Fsp3) is 0.476. The minimum absolute atomic E-state index is 0.253. The highest BCUT2D eigenvalue weighted by Gasteiger charge is 2.22. The average Bonchev–Trinajstić information content (AvgIpc) is 3.13. The van der Waals surface area contributed by atoms with Gasteiger partial charge in [0.2, 0.25) is 0 Å². The molecule has 0 atom stereocenters. The summed E-state index contributed by atoms with van der Waals surface area (Å²) in [6.07, 6.45) is 6.80. The fourth-order valence-corrected chi connectivity index (χ4v) is 4.14. The van der Waals surface area contributed by atoms with Crippen molar-refractivity contribution in [1.82, 2.24) is 0 Å². The lowest BCUT2D eigenvalue weighted by Gasteiger charge is -2.16. The quantitative estimate of drug-likeness (QED) is 0.300. The molecule has 0 N–H and O–H groups in total. The number of ether oxygens (including phenoxy) is 1. The van der Waals surface area contributed by atoms with Gasteiger partial charge >= 0.3 is 5.97 Å². The Morgan fingerprint density at radius 3 is 2.60 bits per heavy atom. The third-order valence-electron chi connectivity index (χ3n) is 3.91. The third kappa shape index (κ3) is 5.11. The van der Waals surface area contributed by atoms with Gasteiger partial charge < -0.3 is 4.74 Å². The van der Waals surface area contributed by atoms with Crippen LogP contribution in [0.1, 0.15) is 74.9 Å². The monoisotopic (exact) mass is 378 g/mol. The zero-order valence-electron chi connectivity index (χ0n) is 15.9. The summed E-state index contributed by atoms with van der Waals surface area (Å²) in [6, 6.07) is 2.09. The lowest BCUT2D eigenvalue weighted by Crippen LogP contribution is -2.12. The van der Waals surface area contributed by atoms with Gasteiger partial charge in [0.15, 0.2) is 0 Å². The molecule has 138 valence electrons. The van der Waals surface area contributed by atoms with E-state index in [1.165, 1.54) is 0 Å². The van der Waals surface area contributed by atoms with E-state index in [1.54, 1.807) is 17.4 Å². The largest absolute Gasteiger partial charge is 0.462 e. The molecule has 0 unspecified atom stereocenters. The van der Waals surface area contributed by atoms with Crippen LogP contribution in [0.15, 0.2) is 22.9 Å². The van der Waals surface area contributed by atoms with Gasteiger partial charge in [-0.15, -0.1) is 24.0 Å². The predicted molar refractivity (Wildman–Crippen MR) is 114 cm³/mol. The summed E-state index contributed by atoms with van der Waals surface area (Å²) in [5.74, 6) is -0.253. The molecule has 0 aliphatic rings. The van der Waals surface area contributed by atoms with Gasteiger partial charge in [-0.2, -0.15) is 0 Å². The van der Waals surface area contributed by atoms with Gasteiger partial charge in [-0.3, -0.25) is 0 Å². The van der Waals surface area contributed by atoms with Crippen LogP contribution in [0.4, 0.5) is 0 Å². The van der Waals surface area contributed by atoms with E-state index in [2.05, 4.69) is 37.6 Å². The van der Waals surface area contributed by atoms with Crippen molar-refractivity contribution in [3.05, 3.63) is 34.7 Å². The number of hydrogen-bond acceptors (Lipinski definition) is 4. The molecule has 0 aliphatic heterocycles. The highest BCUT2D eigenvalue weighted by atomic mass is 32.1. The molecule has 0 saturated carbocycles. The van der Waals surface area contributed by atoms with Crippen molar-refractivity contribution in [3.63, 3.8) is 0 Å². The number of thiophene rings is 1. The van der Waals surface area contributed by atoms with Crippen LogP contribution in [0.25, 0.3) is 16.2 Å². The Morgan fingerprint density at radius 2 is 2.00 bits per heavy atom. The van der Waals surface area contributed by atoms with Crippen molar-refractivity contribution in [2.75, 3.05) is 6.61 Å². The van der Waals surface area contributed by atoms with Crippen molar-refractivity contribution in [1.29, 1.82) is 0 Å². The Labute approximate surface area is 161 Å². The molecule has 0 saturated heterocycles. The molecule has 2 rings (SSSR count). The van der Waals surface area contributed by atoms with Crippen LogP contribution in [0, 0.1) is 0 Å². The van der Waals surface area contributed by atoms with Gasteiger partial charge in [-0.25, -0.2) is 4.79 Å². The molecule has 0 radical (unpaired) electrons. The molecular formula is C21H30O2S2. The van der Waals surface area contributed by atoms with Gasteiger partial charge in [-0.1, -0.05) is 53.2 Å². The Hall–Kier alpha value is -1.26. The molecule has 1 aromatic carbocycles. The van der Waals surface area contributed by atoms with Crippen LogP contribution in [0.3, 0.4) is 0 Å². The van der Waals surface area contributed by atoms with Crippen molar-refractivity contribution in [2.45, 2.75) is 64.7 Å². The topological polar surface area (TPSA) is 26.3 Å². The number of aryl methyl sites for hydroxylation is 1. The van der Waals surface area contributed by atoms with E-state index < -0.39 is 0 Å². The molecule has 2 nitrogen and oxygen atoms in total. The standard InChI is InChI=1S/C19H24O2S2.C2H6/c1-4-7-8-9-14-15-10-12-23-18(15)17(22)13(6-3)16(14)19(20)21-11-5-2;1-2/h6,10,12,22H,3-5,7-9,11H2,1-2H3;1-2H3. The Balaban J connectivity index is 0.00000151. The summed E-state index contributed by atoms with van der Waals surface area (Å²) in [7, 11) is 0. The molecule has 1 heterocycles. The Kier molecular flexibility index (Phi) is 9.91. The van der Waals surface area contributed by atoms with E-state index >= 15 is 0 Å². The van der Waals surface area contributed by atoms with E-state index in [-0.39, 0.29) is 5.97 Å². The number of esters is 1. The summed E-state index contributed by atoms with van der Waals surface area (Å²) < 4.78 is 6.56. The smallest absolute Gasteiger partial charge is 0.339 e. The van der Waals surface area contributed by atoms with E-state index in [0.29, 0.717) is 12.2 Å². The summed E-state index contributed by atoms with van der Waals surface area (Å²) in [5, 5.41) is 3.19. The molecule has 0 fully saturated rings. The average molecular weight is 379 g/mol. The Bertz CT molecular complexity index is 701. The van der Waals surface area contributed by atoms with Crippen LogP contribution in [-0.4, -0.2) is 12.6 Å². The second-order valence-electron chi connectivity index (χ2n) is 5.58. The van der Waals surface area contributed by atoms with Crippen molar-refractivity contribution in [2.24, 2.45) is 0 Å². The third-order valence-corrected chi connectivity index (χ3v) is 5.46. The summed E-state index contributed by atoms with van der Waals surface area (Å²) in [4.78, 5) is 13.5. The molecule has 0 aliphatic carbocycles. The first-order valence-corrected chi connectivity index (χ1v) is 10.5. The van der Waals surface area contributed by atoms with E-state index in [9.17, 15) is 4.79 Å². The number of carbonyl (C=O) groups is 1. The van der Waals surface area contributed by atoms with Gasteiger partial charge in [0.25, 0.3) is 0 Å². The molecule has 2 aromatic rings. The van der Waals surface area contributed by atoms with Crippen molar-refractivity contribution >= 4 is 46.1 Å². The normalized spacial score (nSPS) is 10.3. The molecule has 0 amide bonds. The number of thiol groups is 1. The first-order chi connectivity index (χ1) is 12.2. The second kappa shape index (κ2) is 11.4. The minimum Gasteiger partial charge on any atom is -0.462 e. The maximum atomic E-state index is 12.7. The highest BCUT2D eigenvalue weighted by Crippen LogP contribution is 2.38. The molecule has 4 heteroatoms. The maximum Gasteiger partial charge on any atom is 0.339 e. The lowest BCUT2D eigenvalue weighted by atomic mass is 9.93. The van der Waals surface area contributed by atoms with Gasteiger partial charge in [0, 0.05) is 15.2 Å². The summed E-state index contributed by atoms with van der Waals surface area (Å²) in [6.45, 7) is 12.5. The van der Waals surface area contributed by atoms with Crippen LogP contribution in [0.5, 0.6) is 0 Å². The van der Waals surface area contributed by atoms with Crippen molar-refractivity contribution < 1.29 is 9.53 Å². The molecule has 0 bridgehead atoms. The first kappa shape index (κ1) is 21.8. The first-order valence-electron chi connectivity index (χ1n) is 9.20. The zero-order valence-corrected chi connectivity index (χ0v) is 17.6. The van der Waals surface area contributed by atoms with Gasteiger partial charge in [-0.05, 0) is 41.7 Å². The second-order valence-corrected chi connectivity index (χ2v) is 6.94. The van der Waals surface area contributed by atoms with E-state index in [1.807, 2.05) is 20.8 Å². The number of hydrogen-bond donors (Lipinski definition) is 1. The van der Waals surface area contributed by atoms with Gasteiger partial charge in [0.05, 0.1) is 12.2 Å². The van der Waals surface area contributed by atoms with Crippen molar-refractivity contribution in [3.8, 4) is 0 Å². The van der Waals surface area contributed by atoms with E-state index in [4.69, 9.17) is 4.74 Å². The highest BCUT2D eigenvalue weighted by molar-refractivity contribution is 7.80. The minimum atomic E-state index is -0.253. The number of unbranched alkanes of at least 4 members (excludes halogenated alkanes) is 2. The molecule has 1 aromatic heterocycles. The van der Waals surface area contributed by atoms with Crippen LogP contribution >= 0.6 is 24.0 Å². The summed E-state index contributed by atoms with van der Waals surface area (Å²) in [5.41, 5.74) is 2.54. The van der Waals surface area contributed by atoms with Crippen LogP contribution in [-0.2, 0) is 11.2 Å². The predicted octanol–water partition coefficient (Wildman–Crippen LogP) is 7.16. The number of benzene rings is 1. The number of rotatable bonds is 8. The maximum absolute atomic E-state index is 12.7. The van der Waals surface area contributed by atoms with Crippen LogP contribution in [0.2, 0.25) is 0 Å². The van der Waals surface area contributed by atoms with Crippen LogP contribution < -0.4 is 0 Å². The lowest BCUT2D eigenvalue weighted by molar-refractivity contribution is 0.0503.